The van der Waals surface area contributed by atoms with Crippen molar-refractivity contribution in [3.05, 3.63) is 47.4 Å². The average Bonchev–Trinajstić information content (AvgIpc) is 2.36. The van der Waals surface area contributed by atoms with Gasteiger partial charge in [0.2, 0.25) is 0 Å². The summed E-state index contributed by atoms with van der Waals surface area (Å²) in [5.41, 5.74) is 7.53. The minimum absolute atomic E-state index is 0.147. The maximum Gasteiger partial charge on any atom is 0.165 e. The quantitative estimate of drug-likeness (QED) is 0.849. The molecule has 1 aromatic heterocycles. The zero-order chi connectivity index (χ0) is 13.1. The molecule has 5 heteroatoms. The maximum absolute atomic E-state index is 13.1. The first-order valence-electron chi connectivity index (χ1n) is 5.30. The standard InChI is InChI=1S/C13H11FN4/c1-8-2-3-9(14)6-11(8)17-13-5-4-10(16)12(7-15)18-13/h2-6H,16H2,1H3,(H,17,18). The first kappa shape index (κ1) is 11.9. The summed E-state index contributed by atoms with van der Waals surface area (Å²) in [6.07, 6.45) is 0. The lowest BCUT2D eigenvalue weighted by Gasteiger charge is -2.09. The van der Waals surface area contributed by atoms with Crippen LogP contribution in [0.15, 0.2) is 30.3 Å². The molecule has 0 spiro atoms. The number of nitrogens with one attached hydrogen (secondary N) is 1. The van der Waals surface area contributed by atoms with Gasteiger partial charge in [-0.3, -0.25) is 0 Å². The van der Waals surface area contributed by atoms with Gasteiger partial charge in [-0.2, -0.15) is 5.26 Å². The molecule has 0 saturated carbocycles. The Morgan fingerprint density at radius 1 is 1.33 bits per heavy atom. The largest absolute Gasteiger partial charge is 0.396 e. The molecule has 0 fully saturated rings. The fourth-order valence-electron chi connectivity index (χ4n) is 1.50. The predicted octanol–water partition coefficient (Wildman–Crippen LogP) is 2.73. The lowest BCUT2D eigenvalue weighted by atomic mass is 10.2. The Bertz CT molecular complexity index is 631. The molecule has 0 unspecified atom stereocenters. The molecule has 0 bridgehead atoms. The van der Waals surface area contributed by atoms with E-state index in [1.165, 1.54) is 12.1 Å². The van der Waals surface area contributed by atoms with Crippen molar-refractivity contribution in [1.82, 2.24) is 4.98 Å². The number of hydrogen-bond acceptors (Lipinski definition) is 4. The summed E-state index contributed by atoms with van der Waals surface area (Å²) in [4.78, 5) is 4.04. The van der Waals surface area contributed by atoms with Crippen LogP contribution in [0.3, 0.4) is 0 Å². The van der Waals surface area contributed by atoms with Gasteiger partial charge in [0.1, 0.15) is 17.7 Å². The molecule has 0 atom stereocenters. The van der Waals surface area contributed by atoms with Crippen LogP contribution in [-0.2, 0) is 0 Å². The highest BCUT2D eigenvalue weighted by Gasteiger charge is 2.05. The van der Waals surface area contributed by atoms with Crippen molar-refractivity contribution in [3.63, 3.8) is 0 Å². The minimum atomic E-state index is -0.334. The van der Waals surface area contributed by atoms with Crippen LogP contribution in [0.5, 0.6) is 0 Å². The van der Waals surface area contributed by atoms with E-state index in [0.717, 1.165) is 5.56 Å². The van der Waals surface area contributed by atoms with Crippen molar-refractivity contribution in [1.29, 1.82) is 5.26 Å². The maximum atomic E-state index is 13.1. The lowest BCUT2D eigenvalue weighted by Crippen LogP contribution is -2.00. The van der Waals surface area contributed by atoms with E-state index in [4.69, 9.17) is 11.0 Å². The summed E-state index contributed by atoms with van der Waals surface area (Å²) < 4.78 is 13.1. The van der Waals surface area contributed by atoms with Gasteiger partial charge in [-0.15, -0.1) is 0 Å². The van der Waals surface area contributed by atoms with Crippen LogP contribution in [0.2, 0.25) is 0 Å². The van der Waals surface area contributed by atoms with E-state index in [-0.39, 0.29) is 11.5 Å². The smallest absolute Gasteiger partial charge is 0.165 e. The highest BCUT2D eigenvalue weighted by molar-refractivity contribution is 5.63. The van der Waals surface area contributed by atoms with Crippen molar-refractivity contribution < 1.29 is 4.39 Å². The van der Waals surface area contributed by atoms with Crippen LogP contribution in [0.25, 0.3) is 0 Å². The first-order chi connectivity index (χ1) is 8.60. The van der Waals surface area contributed by atoms with Gasteiger partial charge in [0.05, 0.1) is 5.69 Å². The molecule has 3 N–H and O–H groups in total. The summed E-state index contributed by atoms with van der Waals surface area (Å²) in [7, 11) is 0. The molecule has 0 aliphatic rings. The summed E-state index contributed by atoms with van der Waals surface area (Å²) >= 11 is 0. The third-order valence-electron chi connectivity index (χ3n) is 2.49. The summed E-state index contributed by atoms with van der Waals surface area (Å²) in [5, 5.41) is 11.8. The van der Waals surface area contributed by atoms with Gasteiger partial charge in [0, 0.05) is 5.69 Å². The molecular formula is C13H11FN4. The van der Waals surface area contributed by atoms with Crippen LogP contribution < -0.4 is 11.1 Å². The molecule has 0 aliphatic heterocycles. The van der Waals surface area contributed by atoms with Gasteiger partial charge >= 0.3 is 0 Å². The second kappa shape index (κ2) is 4.72. The number of nitrogens with two attached hydrogens (primary N) is 1. The molecule has 0 aliphatic carbocycles. The van der Waals surface area contributed by atoms with E-state index in [2.05, 4.69) is 10.3 Å². The second-order valence-electron chi connectivity index (χ2n) is 3.83. The Balaban J connectivity index is 2.34. The van der Waals surface area contributed by atoms with Crippen LogP contribution in [0.1, 0.15) is 11.3 Å². The van der Waals surface area contributed by atoms with Crippen molar-refractivity contribution in [2.24, 2.45) is 0 Å². The Labute approximate surface area is 104 Å². The van der Waals surface area contributed by atoms with E-state index in [1.807, 2.05) is 13.0 Å². The number of hydrogen-bond donors (Lipinski definition) is 2. The molecule has 0 radical (unpaired) electrons. The molecule has 2 aromatic rings. The highest BCUT2D eigenvalue weighted by Crippen LogP contribution is 2.21. The molecule has 1 heterocycles. The molecule has 1 aromatic carbocycles. The number of nitriles is 1. The van der Waals surface area contributed by atoms with E-state index < -0.39 is 0 Å². The zero-order valence-electron chi connectivity index (χ0n) is 9.74. The van der Waals surface area contributed by atoms with Gasteiger partial charge in [-0.25, -0.2) is 9.37 Å². The lowest BCUT2D eigenvalue weighted by molar-refractivity contribution is 0.628. The Morgan fingerprint density at radius 2 is 2.11 bits per heavy atom. The van der Waals surface area contributed by atoms with Crippen LogP contribution in [0, 0.1) is 24.1 Å². The number of nitrogens with zero attached hydrogens (tertiary/aromatic N) is 2. The summed E-state index contributed by atoms with van der Waals surface area (Å²) in [6.45, 7) is 1.85. The number of benzene rings is 1. The third kappa shape index (κ3) is 2.38. The summed E-state index contributed by atoms with van der Waals surface area (Å²) in [5.74, 6) is 0.119. The van der Waals surface area contributed by atoms with E-state index >= 15 is 0 Å². The van der Waals surface area contributed by atoms with Crippen molar-refractivity contribution in [2.75, 3.05) is 11.1 Å². The molecule has 18 heavy (non-hydrogen) atoms. The van der Waals surface area contributed by atoms with E-state index in [1.54, 1.807) is 18.2 Å². The van der Waals surface area contributed by atoms with E-state index in [9.17, 15) is 4.39 Å². The van der Waals surface area contributed by atoms with Gasteiger partial charge in [-0.05, 0) is 36.8 Å². The van der Waals surface area contributed by atoms with Crippen molar-refractivity contribution >= 4 is 17.2 Å². The van der Waals surface area contributed by atoms with Crippen LogP contribution in [0.4, 0.5) is 21.6 Å². The Morgan fingerprint density at radius 3 is 2.83 bits per heavy atom. The minimum Gasteiger partial charge on any atom is -0.396 e. The molecular weight excluding hydrogens is 231 g/mol. The number of pyridine rings is 1. The molecule has 0 saturated heterocycles. The number of halogens is 1. The van der Waals surface area contributed by atoms with Gasteiger partial charge in [-0.1, -0.05) is 6.07 Å². The molecule has 2 rings (SSSR count). The third-order valence-corrected chi connectivity index (χ3v) is 2.49. The number of aryl methyl sites for hydroxylation is 1. The van der Waals surface area contributed by atoms with Crippen LogP contribution in [-0.4, -0.2) is 4.98 Å². The van der Waals surface area contributed by atoms with Gasteiger partial charge in [0.15, 0.2) is 5.69 Å². The number of rotatable bonds is 2. The van der Waals surface area contributed by atoms with Crippen LogP contribution >= 0.6 is 0 Å². The topological polar surface area (TPSA) is 74.7 Å². The number of nitrogen functional groups attached to an aromatic ring is 1. The average molecular weight is 242 g/mol. The Hall–Kier alpha value is -2.61. The molecule has 0 amide bonds. The van der Waals surface area contributed by atoms with Crippen molar-refractivity contribution in [3.8, 4) is 6.07 Å². The number of aromatic nitrogens is 1. The summed E-state index contributed by atoms with van der Waals surface area (Å²) in [6, 6.07) is 9.55. The number of anilines is 3. The van der Waals surface area contributed by atoms with E-state index in [0.29, 0.717) is 17.2 Å². The van der Waals surface area contributed by atoms with Crippen molar-refractivity contribution in [2.45, 2.75) is 6.92 Å². The molecule has 4 nitrogen and oxygen atoms in total. The predicted molar refractivity (Wildman–Crippen MR) is 67.8 cm³/mol. The first-order valence-corrected chi connectivity index (χ1v) is 5.30. The Kier molecular flexibility index (Phi) is 3.11. The zero-order valence-corrected chi connectivity index (χ0v) is 9.74. The monoisotopic (exact) mass is 242 g/mol. The molecule has 90 valence electrons. The normalized spacial score (nSPS) is 9.83. The second-order valence-corrected chi connectivity index (χ2v) is 3.83. The highest BCUT2D eigenvalue weighted by atomic mass is 19.1. The van der Waals surface area contributed by atoms with Gasteiger partial charge < -0.3 is 11.1 Å². The fourth-order valence-corrected chi connectivity index (χ4v) is 1.50. The SMILES string of the molecule is Cc1ccc(F)cc1Nc1ccc(N)c(C#N)n1. The van der Waals surface area contributed by atoms with Gasteiger partial charge in [0.25, 0.3) is 0 Å². The fraction of sp³-hybridized carbons (Fsp3) is 0.0769.